The number of fused-ring (bicyclic) bond motifs is 1. The summed E-state index contributed by atoms with van der Waals surface area (Å²) in [6, 6.07) is 14.0. The second-order valence-electron chi connectivity index (χ2n) is 6.69. The Labute approximate surface area is 171 Å². The molecule has 0 radical (unpaired) electrons. The summed E-state index contributed by atoms with van der Waals surface area (Å²) in [6.45, 7) is 2.02. The molecule has 1 amide bonds. The predicted molar refractivity (Wildman–Crippen MR) is 114 cm³/mol. The van der Waals surface area contributed by atoms with E-state index in [1.165, 1.54) is 18.2 Å². The second-order valence-corrected chi connectivity index (χ2v) is 7.67. The molecule has 0 atom stereocenters. The van der Waals surface area contributed by atoms with Crippen LogP contribution >= 0.6 is 11.8 Å². The minimum atomic E-state index is -0.453. The maximum Gasteiger partial charge on any atom is 0.269 e. The van der Waals surface area contributed by atoms with Gasteiger partial charge in [-0.15, -0.1) is 0 Å². The molecule has 0 saturated carbocycles. The number of anilines is 1. The highest BCUT2D eigenvalue weighted by atomic mass is 32.2. The molecule has 4 rings (SSSR count). The fourth-order valence-electron chi connectivity index (χ4n) is 3.05. The van der Waals surface area contributed by atoms with Crippen molar-refractivity contribution in [1.29, 1.82) is 0 Å². The average molecular weight is 406 g/mol. The molecule has 0 aliphatic carbocycles. The molecule has 0 fully saturated rings. The van der Waals surface area contributed by atoms with Crippen molar-refractivity contribution in [2.45, 2.75) is 18.4 Å². The molecule has 0 saturated heterocycles. The van der Waals surface area contributed by atoms with Crippen LogP contribution in [0.5, 0.6) is 0 Å². The molecule has 146 valence electrons. The van der Waals surface area contributed by atoms with Gasteiger partial charge in [0, 0.05) is 35.3 Å². The van der Waals surface area contributed by atoms with E-state index < -0.39 is 4.92 Å². The quantitative estimate of drug-likeness (QED) is 0.383. The highest BCUT2D eigenvalue weighted by molar-refractivity contribution is 7.98. The van der Waals surface area contributed by atoms with E-state index in [2.05, 4.69) is 10.4 Å². The molecule has 3 aromatic rings. The zero-order valence-electron chi connectivity index (χ0n) is 15.7. The number of nitrogens with zero attached hydrogens (tertiary/aromatic N) is 3. The Morgan fingerprint density at radius 2 is 1.90 bits per heavy atom. The van der Waals surface area contributed by atoms with E-state index >= 15 is 0 Å². The predicted octanol–water partition coefficient (Wildman–Crippen LogP) is 4.49. The van der Waals surface area contributed by atoms with E-state index in [4.69, 9.17) is 0 Å². The molecule has 8 heteroatoms. The molecule has 1 aliphatic rings. The molecular weight excluding hydrogens is 388 g/mol. The van der Waals surface area contributed by atoms with E-state index in [1.807, 2.05) is 31.2 Å². The number of thioether (sulfide) groups is 1. The van der Waals surface area contributed by atoms with Crippen LogP contribution < -0.4 is 5.32 Å². The molecule has 0 spiro atoms. The summed E-state index contributed by atoms with van der Waals surface area (Å²) in [7, 11) is 0. The Balaban J connectivity index is 1.56. The molecule has 1 aromatic heterocycles. The molecule has 2 heterocycles. The average Bonchev–Trinajstić information content (AvgIpc) is 3.30. The van der Waals surface area contributed by atoms with E-state index in [0.717, 1.165) is 34.0 Å². The Morgan fingerprint density at radius 3 is 2.59 bits per heavy atom. The van der Waals surface area contributed by atoms with Crippen LogP contribution in [0, 0.1) is 17.0 Å². The van der Waals surface area contributed by atoms with Gasteiger partial charge in [0.05, 0.1) is 16.3 Å². The lowest BCUT2D eigenvalue weighted by molar-refractivity contribution is -0.384. The first-order valence-electron chi connectivity index (χ1n) is 9.00. The number of benzene rings is 2. The number of carbonyl (C=O) groups excluding carboxylic acids is 1. The van der Waals surface area contributed by atoms with Crippen LogP contribution in [-0.2, 0) is 16.3 Å². The van der Waals surface area contributed by atoms with Gasteiger partial charge in [0.15, 0.2) is 0 Å². The van der Waals surface area contributed by atoms with Crippen LogP contribution in [-0.4, -0.2) is 20.6 Å². The number of hydrogen-bond donors (Lipinski definition) is 1. The van der Waals surface area contributed by atoms with Gasteiger partial charge in [0.2, 0.25) is 5.91 Å². The van der Waals surface area contributed by atoms with Crippen molar-refractivity contribution < 1.29 is 9.72 Å². The topological polar surface area (TPSA) is 90.1 Å². The lowest BCUT2D eigenvalue weighted by Crippen LogP contribution is -2.13. The summed E-state index contributed by atoms with van der Waals surface area (Å²) < 4.78 is 1.78. The van der Waals surface area contributed by atoms with Gasteiger partial charge < -0.3 is 5.32 Å². The van der Waals surface area contributed by atoms with Gasteiger partial charge >= 0.3 is 0 Å². The molecular formula is C21H18N4O3S. The van der Waals surface area contributed by atoms with Gasteiger partial charge in [-0.2, -0.15) is 16.9 Å². The van der Waals surface area contributed by atoms with E-state index in [-0.39, 0.29) is 11.6 Å². The molecule has 0 unspecified atom stereocenters. The zero-order chi connectivity index (χ0) is 20.4. The van der Waals surface area contributed by atoms with Crippen molar-refractivity contribution >= 4 is 35.3 Å². The van der Waals surface area contributed by atoms with E-state index in [0.29, 0.717) is 11.4 Å². The summed E-state index contributed by atoms with van der Waals surface area (Å²) in [5.41, 5.74) is 4.81. The van der Waals surface area contributed by atoms with Gasteiger partial charge in [-0.1, -0.05) is 17.7 Å². The van der Waals surface area contributed by atoms with Gasteiger partial charge in [0.1, 0.15) is 5.82 Å². The fourth-order valence-corrected chi connectivity index (χ4v) is 4.09. The first-order chi connectivity index (χ1) is 14.0. The van der Waals surface area contributed by atoms with Crippen molar-refractivity contribution in [3.05, 3.63) is 87.1 Å². The summed E-state index contributed by atoms with van der Waals surface area (Å²) in [6.07, 6.45) is 3.04. The molecule has 1 aliphatic heterocycles. The van der Waals surface area contributed by atoms with Crippen LogP contribution in [0.25, 0.3) is 11.8 Å². The summed E-state index contributed by atoms with van der Waals surface area (Å²) >= 11 is 1.77. The van der Waals surface area contributed by atoms with E-state index in [1.54, 1.807) is 34.7 Å². The van der Waals surface area contributed by atoms with Crippen molar-refractivity contribution in [1.82, 2.24) is 9.78 Å². The number of carbonyl (C=O) groups is 1. The Hall–Kier alpha value is -3.39. The first kappa shape index (κ1) is 18.9. The lowest BCUT2D eigenvalue weighted by Gasteiger charge is -2.10. The summed E-state index contributed by atoms with van der Waals surface area (Å²) in [5, 5.41) is 18.4. The summed E-state index contributed by atoms with van der Waals surface area (Å²) in [5.74, 6) is 2.04. The SMILES string of the molecule is Cc1ccc(-n2nc3c(c2NC(=O)/C=C\c2ccc([N+](=O)[O-])cc2)CSC3)cc1. The first-order valence-corrected chi connectivity index (χ1v) is 10.2. The zero-order valence-corrected chi connectivity index (χ0v) is 16.5. The summed E-state index contributed by atoms with van der Waals surface area (Å²) in [4.78, 5) is 22.8. The maximum absolute atomic E-state index is 12.5. The molecule has 2 aromatic carbocycles. The molecule has 1 N–H and O–H groups in total. The van der Waals surface area contributed by atoms with Gasteiger partial charge in [0.25, 0.3) is 5.69 Å². The minimum absolute atomic E-state index is 0.0154. The molecule has 29 heavy (non-hydrogen) atoms. The smallest absolute Gasteiger partial charge is 0.269 e. The van der Waals surface area contributed by atoms with Crippen molar-refractivity contribution in [2.75, 3.05) is 5.32 Å². The number of aromatic nitrogens is 2. The Bertz CT molecular complexity index is 1100. The van der Waals surface area contributed by atoms with Crippen molar-refractivity contribution in [3.8, 4) is 5.69 Å². The van der Waals surface area contributed by atoms with Crippen LogP contribution in [0.15, 0.2) is 54.6 Å². The van der Waals surface area contributed by atoms with Crippen LogP contribution in [0.3, 0.4) is 0 Å². The molecule has 0 bridgehead atoms. The number of nitro benzene ring substituents is 1. The van der Waals surface area contributed by atoms with Crippen LogP contribution in [0.4, 0.5) is 11.5 Å². The normalized spacial score (nSPS) is 12.9. The number of aryl methyl sites for hydroxylation is 1. The number of amides is 1. The second kappa shape index (κ2) is 7.92. The van der Waals surface area contributed by atoms with E-state index in [9.17, 15) is 14.9 Å². The number of nitro groups is 1. The third-order valence-electron chi connectivity index (χ3n) is 4.60. The van der Waals surface area contributed by atoms with Crippen LogP contribution in [0.2, 0.25) is 0 Å². The molecule has 7 nitrogen and oxygen atoms in total. The monoisotopic (exact) mass is 406 g/mol. The third-order valence-corrected chi connectivity index (χ3v) is 5.57. The highest BCUT2D eigenvalue weighted by Crippen LogP contribution is 2.36. The van der Waals surface area contributed by atoms with Gasteiger partial charge in [-0.3, -0.25) is 14.9 Å². The Kier molecular flexibility index (Phi) is 5.18. The van der Waals surface area contributed by atoms with Crippen LogP contribution in [0.1, 0.15) is 22.4 Å². The van der Waals surface area contributed by atoms with Gasteiger partial charge in [-0.05, 0) is 42.8 Å². The Morgan fingerprint density at radius 1 is 1.17 bits per heavy atom. The maximum atomic E-state index is 12.5. The number of hydrogen-bond acceptors (Lipinski definition) is 5. The number of rotatable bonds is 5. The fraction of sp³-hybridized carbons (Fsp3) is 0.143. The van der Waals surface area contributed by atoms with Crippen molar-refractivity contribution in [2.24, 2.45) is 0 Å². The standard InChI is InChI=1S/C21H18N4O3S/c1-14-2-7-16(8-3-14)24-21(18-12-29-13-19(18)23-24)22-20(26)11-6-15-4-9-17(10-5-15)25(27)28/h2-11H,12-13H2,1H3,(H,22,26)/b11-6-. The highest BCUT2D eigenvalue weighted by Gasteiger charge is 2.24. The third kappa shape index (κ3) is 4.07. The number of nitrogens with one attached hydrogen (secondary N) is 1. The largest absolute Gasteiger partial charge is 0.307 e. The number of non-ortho nitro benzene ring substituents is 1. The lowest BCUT2D eigenvalue weighted by atomic mass is 10.2. The van der Waals surface area contributed by atoms with Crippen molar-refractivity contribution in [3.63, 3.8) is 0 Å². The minimum Gasteiger partial charge on any atom is -0.307 e. The van der Waals surface area contributed by atoms with Gasteiger partial charge in [-0.25, -0.2) is 4.68 Å².